The summed E-state index contributed by atoms with van der Waals surface area (Å²) in [6, 6.07) is 13.1. The lowest BCUT2D eigenvalue weighted by Crippen LogP contribution is -2.03. The predicted molar refractivity (Wildman–Crippen MR) is 83.9 cm³/mol. The number of hydrogen-bond donors (Lipinski definition) is 0. The van der Waals surface area contributed by atoms with Crippen LogP contribution >= 0.6 is 0 Å². The van der Waals surface area contributed by atoms with Crippen LogP contribution in [-0.4, -0.2) is 21.5 Å². The van der Waals surface area contributed by atoms with Crippen molar-refractivity contribution in [3.8, 4) is 17.5 Å². The number of rotatable bonds is 5. The Bertz CT molecular complexity index is 862. The summed E-state index contributed by atoms with van der Waals surface area (Å²) in [7, 11) is 0. The Kier molecular flexibility index (Phi) is 4.01. The smallest absolute Gasteiger partial charge is 0.392 e. The summed E-state index contributed by atoms with van der Waals surface area (Å²) in [4.78, 5) is 18.4. The first-order chi connectivity index (χ1) is 11.2. The van der Waals surface area contributed by atoms with Gasteiger partial charge in [-0.2, -0.15) is 9.97 Å². The molecule has 0 N–H and O–H groups in total. The molecule has 7 heteroatoms. The van der Waals surface area contributed by atoms with Gasteiger partial charge in [0.2, 0.25) is 0 Å². The second kappa shape index (κ2) is 6.27. The Morgan fingerprint density at radius 2 is 1.83 bits per heavy atom. The predicted octanol–water partition coefficient (Wildman–Crippen LogP) is 3.73. The molecule has 0 saturated heterocycles. The molecule has 0 atom stereocenters. The van der Waals surface area contributed by atoms with E-state index < -0.39 is 4.92 Å². The van der Waals surface area contributed by atoms with Gasteiger partial charge in [-0.3, -0.25) is 10.1 Å². The van der Waals surface area contributed by atoms with E-state index in [9.17, 15) is 10.1 Å². The number of hydrogen-bond acceptors (Lipinski definition) is 6. The van der Waals surface area contributed by atoms with E-state index in [0.717, 1.165) is 10.8 Å². The van der Waals surface area contributed by atoms with Crippen molar-refractivity contribution in [2.45, 2.75) is 6.92 Å². The Labute approximate surface area is 131 Å². The lowest BCUT2D eigenvalue weighted by molar-refractivity contribution is -0.387. The molecule has 0 spiro atoms. The molecule has 0 aliphatic rings. The molecule has 0 amide bonds. The molecular formula is C16H13N3O4. The van der Waals surface area contributed by atoms with E-state index in [-0.39, 0.29) is 24.1 Å². The molecule has 0 aliphatic heterocycles. The number of ether oxygens (including phenoxy) is 2. The number of nitrogens with zero attached hydrogens (tertiary/aromatic N) is 3. The highest BCUT2D eigenvalue weighted by Gasteiger charge is 2.26. The fourth-order valence-electron chi connectivity index (χ4n) is 2.21. The SMILES string of the molecule is CCOc1ncnc(Oc2cccc3ccccc23)c1[N+](=O)[O-]. The molecule has 0 saturated carbocycles. The number of nitro groups is 1. The average molecular weight is 311 g/mol. The number of fused-ring (bicyclic) bond motifs is 1. The summed E-state index contributed by atoms with van der Waals surface area (Å²) < 4.78 is 10.9. The van der Waals surface area contributed by atoms with E-state index >= 15 is 0 Å². The number of benzene rings is 2. The van der Waals surface area contributed by atoms with Crippen LogP contribution in [0, 0.1) is 10.1 Å². The van der Waals surface area contributed by atoms with E-state index in [1.165, 1.54) is 6.33 Å². The third kappa shape index (κ3) is 2.89. The molecule has 0 aliphatic carbocycles. The topological polar surface area (TPSA) is 87.4 Å². The largest absolute Gasteiger partial charge is 0.473 e. The summed E-state index contributed by atoms with van der Waals surface area (Å²) in [5, 5.41) is 13.1. The van der Waals surface area contributed by atoms with Gasteiger partial charge in [0.25, 0.3) is 0 Å². The van der Waals surface area contributed by atoms with E-state index in [1.807, 2.05) is 36.4 Å². The Balaban J connectivity index is 2.09. The van der Waals surface area contributed by atoms with Crippen LogP contribution in [0.1, 0.15) is 6.92 Å². The molecular weight excluding hydrogens is 298 g/mol. The van der Waals surface area contributed by atoms with Crippen molar-refractivity contribution in [1.29, 1.82) is 0 Å². The molecule has 116 valence electrons. The van der Waals surface area contributed by atoms with Gasteiger partial charge in [-0.1, -0.05) is 36.4 Å². The second-order valence-electron chi connectivity index (χ2n) is 4.60. The zero-order valence-corrected chi connectivity index (χ0v) is 12.3. The van der Waals surface area contributed by atoms with Gasteiger partial charge in [0.05, 0.1) is 11.5 Å². The van der Waals surface area contributed by atoms with Gasteiger partial charge < -0.3 is 9.47 Å². The van der Waals surface area contributed by atoms with Crippen LogP contribution in [-0.2, 0) is 0 Å². The van der Waals surface area contributed by atoms with Gasteiger partial charge in [-0.05, 0) is 18.4 Å². The van der Waals surface area contributed by atoms with E-state index in [2.05, 4.69) is 9.97 Å². The van der Waals surface area contributed by atoms with Crippen LogP contribution in [0.25, 0.3) is 10.8 Å². The van der Waals surface area contributed by atoms with Gasteiger partial charge in [0.1, 0.15) is 12.1 Å². The summed E-state index contributed by atoms with van der Waals surface area (Å²) in [5.41, 5.74) is -0.387. The zero-order valence-electron chi connectivity index (χ0n) is 12.3. The van der Waals surface area contributed by atoms with Crippen molar-refractivity contribution < 1.29 is 14.4 Å². The maximum atomic E-state index is 11.3. The molecule has 7 nitrogen and oxygen atoms in total. The third-order valence-corrected chi connectivity index (χ3v) is 3.18. The second-order valence-corrected chi connectivity index (χ2v) is 4.60. The zero-order chi connectivity index (χ0) is 16.2. The normalized spacial score (nSPS) is 10.5. The first-order valence-corrected chi connectivity index (χ1v) is 6.98. The van der Waals surface area contributed by atoms with E-state index in [1.54, 1.807) is 13.0 Å². The minimum absolute atomic E-state index is 0.109. The lowest BCUT2D eigenvalue weighted by Gasteiger charge is -2.09. The average Bonchev–Trinajstić information content (AvgIpc) is 2.55. The number of aromatic nitrogens is 2. The highest BCUT2D eigenvalue weighted by molar-refractivity contribution is 5.88. The summed E-state index contributed by atoms with van der Waals surface area (Å²) >= 11 is 0. The highest BCUT2D eigenvalue weighted by Crippen LogP contribution is 2.37. The molecule has 0 fully saturated rings. The van der Waals surface area contributed by atoms with Crippen LogP contribution in [0.2, 0.25) is 0 Å². The fraction of sp³-hybridized carbons (Fsp3) is 0.125. The van der Waals surface area contributed by atoms with Crippen LogP contribution < -0.4 is 9.47 Å². The standard InChI is InChI=1S/C16H13N3O4/c1-2-22-15-14(19(20)21)16(18-10-17-15)23-13-9-5-7-11-6-3-4-8-12(11)13/h3-10H,2H2,1H3. The molecule has 23 heavy (non-hydrogen) atoms. The van der Waals surface area contributed by atoms with Crippen LogP contribution in [0.3, 0.4) is 0 Å². The Morgan fingerprint density at radius 1 is 1.09 bits per heavy atom. The Hall–Kier alpha value is -3.22. The quantitative estimate of drug-likeness (QED) is 0.527. The molecule has 0 bridgehead atoms. The van der Waals surface area contributed by atoms with E-state index in [4.69, 9.17) is 9.47 Å². The van der Waals surface area contributed by atoms with Gasteiger partial charge in [0, 0.05) is 5.39 Å². The fourth-order valence-corrected chi connectivity index (χ4v) is 2.21. The summed E-state index contributed by atoms with van der Waals surface area (Å²) in [6.07, 6.45) is 1.18. The molecule has 1 aromatic heterocycles. The van der Waals surface area contributed by atoms with Crippen molar-refractivity contribution in [1.82, 2.24) is 9.97 Å². The van der Waals surface area contributed by atoms with Crippen molar-refractivity contribution in [3.63, 3.8) is 0 Å². The van der Waals surface area contributed by atoms with Gasteiger partial charge in [0.15, 0.2) is 0 Å². The Morgan fingerprint density at radius 3 is 2.61 bits per heavy atom. The van der Waals surface area contributed by atoms with Crippen LogP contribution in [0.5, 0.6) is 17.5 Å². The van der Waals surface area contributed by atoms with Crippen molar-refractivity contribution in [2.75, 3.05) is 6.61 Å². The van der Waals surface area contributed by atoms with E-state index in [0.29, 0.717) is 5.75 Å². The van der Waals surface area contributed by atoms with Crippen molar-refractivity contribution in [2.24, 2.45) is 0 Å². The third-order valence-electron chi connectivity index (χ3n) is 3.18. The maximum absolute atomic E-state index is 11.3. The first kappa shape index (κ1) is 14.7. The summed E-state index contributed by atoms with van der Waals surface area (Å²) in [5.74, 6) is 0.222. The lowest BCUT2D eigenvalue weighted by atomic mass is 10.1. The molecule has 2 aromatic carbocycles. The summed E-state index contributed by atoms with van der Waals surface area (Å²) in [6.45, 7) is 1.97. The van der Waals surface area contributed by atoms with Gasteiger partial charge >= 0.3 is 17.4 Å². The molecule has 3 rings (SSSR count). The van der Waals surface area contributed by atoms with Crippen molar-refractivity contribution in [3.05, 3.63) is 58.9 Å². The monoisotopic (exact) mass is 311 g/mol. The molecule has 0 radical (unpaired) electrons. The minimum Gasteiger partial charge on any atom is -0.473 e. The van der Waals surface area contributed by atoms with Gasteiger partial charge in [-0.15, -0.1) is 0 Å². The van der Waals surface area contributed by atoms with Crippen LogP contribution in [0.4, 0.5) is 5.69 Å². The highest BCUT2D eigenvalue weighted by atomic mass is 16.6. The molecule has 1 heterocycles. The maximum Gasteiger partial charge on any atom is 0.392 e. The minimum atomic E-state index is -0.606. The first-order valence-electron chi connectivity index (χ1n) is 6.98. The van der Waals surface area contributed by atoms with Crippen molar-refractivity contribution >= 4 is 16.5 Å². The molecule has 0 unspecified atom stereocenters. The molecule has 3 aromatic rings. The van der Waals surface area contributed by atoms with Gasteiger partial charge in [-0.25, -0.2) is 0 Å². The van der Waals surface area contributed by atoms with Crippen LogP contribution in [0.15, 0.2) is 48.8 Å².